The maximum Gasteiger partial charge on any atom is 0.0974 e. The average Bonchev–Trinajstić information content (AvgIpc) is 2.05. The van der Waals surface area contributed by atoms with Crippen molar-refractivity contribution in [2.75, 3.05) is 26.3 Å². The van der Waals surface area contributed by atoms with E-state index in [1.54, 1.807) is 5.01 Å². The Morgan fingerprint density at radius 3 is 3.08 bits per heavy atom. The quantitative estimate of drug-likeness (QED) is 0.611. The highest BCUT2D eigenvalue weighted by atomic mass is 16.5. The third-order valence-electron chi connectivity index (χ3n) is 2.08. The lowest BCUT2D eigenvalue weighted by Gasteiger charge is -2.32. The van der Waals surface area contributed by atoms with E-state index in [4.69, 9.17) is 15.3 Å². The van der Waals surface area contributed by atoms with E-state index >= 15 is 0 Å². The molecule has 0 aromatic heterocycles. The van der Waals surface area contributed by atoms with Crippen molar-refractivity contribution in [2.45, 2.75) is 26.1 Å². The Morgan fingerprint density at radius 1 is 1.75 bits per heavy atom. The zero-order valence-electron chi connectivity index (χ0n) is 7.82. The van der Waals surface area contributed by atoms with Crippen LogP contribution in [0.1, 0.15) is 13.8 Å². The number of hydrogen-bond donors (Lipinski definition) is 1. The number of nitrogens with zero attached hydrogens (tertiary/aromatic N) is 1. The van der Waals surface area contributed by atoms with Gasteiger partial charge < -0.3 is 9.47 Å². The molecule has 0 spiro atoms. The Morgan fingerprint density at radius 2 is 2.50 bits per heavy atom. The molecule has 0 radical (unpaired) electrons. The molecule has 1 rings (SSSR count). The second-order valence-corrected chi connectivity index (χ2v) is 3.06. The van der Waals surface area contributed by atoms with Crippen molar-refractivity contribution in [3.63, 3.8) is 0 Å². The van der Waals surface area contributed by atoms with Crippen LogP contribution in [-0.2, 0) is 9.47 Å². The van der Waals surface area contributed by atoms with Gasteiger partial charge in [0.1, 0.15) is 0 Å². The van der Waals surface area contributed by atoms with Crippen LogP contribution < -0.4 is 5.84 Å². The van der Waals surface area contributed by atoms with Gasteiger partial charge in [0.05, 0.1) is 18.8 Å². The summed E-state index contributed by atoms with van der Waals surface area (Å²) in [7, 11) is 0. The van der Waals surface area contributed by atoms with Crippen LogP contribution in [0.25, 0.3) is 0 Å². The first-order chi connectivity index (χ1) is 5.74. The zero-order chi connectivity index (χ0) is 8.97. The van der Waals surface area contributed by atoms with E-state index < -0.39 is 0 Å². The fraction of sp³-hybridized carbons (Fsp3) is 1.00. The smallest absolute Gasteiger partial charge is 0.0974 e. The van der Waals surface area contributed by atoms with Crippen LogP contribution in [-0.4, -0.2) is 43.5 Å². The van der Waals surface area contributed by atoms with Gasteiger partial charge in [0.25, 0.3) is 0 Å². The highest BCUT2D eigenvalue weighted by Gasteiger charge is 2.23. The van der Waals surface area contributed by atoms with Crippen molar-refractivity contribution in [1.29, 1.82) is 0 Å². The van der Waals surface area contributed by atoms with Crippen LogP contribution in [0.4, 0.5) is 0 Å². The number of ether oxygens (including phenoxy) is 2. The molecule has 12 heavy (non-hydrogen) atoms. The molecule has 1 fully saturated rings. The van der Waals surface area contributed by atoms with E-state index in [9.17, 15) is 0 Å². The third kappa shape index (κ3) is 2.71. The van der Waals surface area contributed by atoms with E-state index in [0.29, 0.717) is 6.61 Å². The van der Waals surface area contributed by atoms with Crippen LogP contribution in [0.3, 0.4) is 0 Å². The lowest BCUT2D eigenvalue weighted by Crippen LogP contribution is -2.50. The van der Waals surface area contributed by atoms with Gasteiger partial charge in [-0.1, -0.05) is 0 Å². The van der Waals surface area contributed by atoms with E-state index in [0.717, 1.165) is 19.7 Å². The van der Waals surface area contributed by atoms with E-state index in [-0.39, 0.29) is 12.2 Å². The summed E-state index contributed by atoms with van der Waals surface area (Å²) in [5, 5.41) is 1.78. The van der Waals surface area contributed by atoms with Gasteiger partial charge in [-0.05, 0) is 13.8 Å². The topological polar surface area (TPSA) is 47.7 Å². The maximum absolute atomic E-state index is 5.66. The lowest BCUT2D eigenvalue weighted by atomic mass is 10.2. The van der Waals surface area contributed by atoms with E-state index in [2.05, 4.69) is 0 Å². The Balaban J connectivity index is 2.29. The molecule has 1 saturated heterocycles. The Kier molecular flexibility index (Phi) is 3.94. The minimum absolute atomic E-state index is 0.128. The van der Waals surface area contributed by atoms with Crippen molar-refractivity contribution in [1.82, 2.24) is 5.01 Å². The molecule has 1 heterocycles. The SMILES string of the molecule is CCOC(C)C1CN(N)CCO1. The molecule has 2 N–H and O–H groups in total. The molecule has 4 heteroatoms. The van der Waals surface area contributed by atoms with Crippen molar-refractivity contribution in [3.8, 4) is 0 Å². The van der Waals surface area contributed by atoms with Crippen LogP contribution >= 0.6 is 0 Å². The molecular weight excluding hydrogens is 156 g/mol. The second kappa shape index (κ2) is 4.77. The maximum atomic E-state index is 5.66. The predicted molar refractivity (Wildman–Crippen MR) is 46.6 cm³/mol. The molecule has 4 nitrogen and oxygen atoms in total. The van der Waals surface area contributed by atoms with Crippen molar-refractivity contribution >= 4 is 0 Å². The van der Waals surface area contributed by atoms with Crippen molar-refractivity contribution in [3.05, 3.63) is 0 Å². The molecule has 1 aliphatic heterocycles. The second-order valence-electron chi connectivity index (χ2n) is 3.06. The van der Waals surface area contributed by atoms with E-state index in [1.807, 2.05) is 13.8 Å². The molecule has 72 valence electrons. The molecule has 0 aliphatic carbocycles. The van der Waals surface area contributed by atoms with Gasteiger partial charge >= 0.3 is 0 Å². The monoisotopic (exact) mass is 174 g/mol. The highest BCUT2D eigenvalue weighted by Crippen LogP contribution is 2.08. The Hall–Kier alpha value is -0.160. The number of hydrazine groups is 1. The van der Waals surface area contributed by atoms with Crippen LogP contribution in [0, 0.1) is 0 Å². The van der Waals surface area contributed by atoms with Crippen LogP contribution in [0.15, 0.2) is 0 Å². The molecular formula is C8H18N2O2. The molecule has 0 aromatic carbocycles. The average molecular weight is 174 g/mol. The highest BCUT2D eigenvalue weighted by molar-refractivity contribution is 4.73. The van der Waals surface area contributed by atoms with Gasteiger partial charge in [0.2, 0.25) is 0 Å². The third-order valence-corrected chi connectivity index (χ3v) is 2.08. The first kappa shape index (κ1) is 9.92. The number of nitrogens with two attached hydrogens (primary N) is 1. The first-order valence-electron chi connectivity index (χ1n) is 4.47. The van der Waals surface area contributed by atoms with Gasteiger partial charge in [0, 0.05) is 19.7 Å². The Labute approximate surface area is 73.6 Å². The minimum Gasteiger partial charge on any atom is -0.376 e. The minimum atomic E-state index is 0.128. The largest absolute Gasteiger partial charge is 0.376 e. The van der Waals surface area contributed by atoms with Gasteiger partial charge in [-0.3, -0.25) is 5.84 Å². The summed E-state index contributed by atoms with van der Waals surface area (Å²) >= 11 is 0. The number of morpholine rings is 1. The summed E-state index contributed by atoms with van der Waals surface area (Å²) in [4.78, 5) is 0. The van der Waals surface area contributed by atoms with Gasteiger partial charge in [-0.25, -0.2) is 5.01 Å². The number of hydrogen-bond acceptors (Lipinski definition) is 4. The molecule has 0 bridgehead atoms. The summed E-state index contributed by atoms with van der Waals surface area (Å²) in [5.41, 5.74) is 0. The molecule has 0 amide bonds. The van der Waals surface area contributed by atoms with Crippen LogP contribution in [0.2, 0.25) is 0 Å². The summed E-state index contributed by atoms with van der Waals surface area (Å²) < 4.78 is 10.9. The molecule has 0 saturated carbocycles. The Bertz CT molecular complexity index is 132. The van der Waals surface area contributed by atoms with Crippen molar-refractivity contribution in [2.24, 2.45) is 5.84 Å². The van der Waals surface area contributed by atoms with E-state index in [1.165, 1.54) is 0 Å². The zero-order valence-corrected chi connectivity index (χ0v) is 7.82. The molecule has 1 aliphatic rings. The standard InChI is InChI=1S/C8H18N2O2/c1-3-11-7(2)8-6-10(9)4-5-12-8/h7-8H,3-6,9H2,1-2H3. The first-order valence-corrected chi connectivity index (χ1v) is 4.47. The molecule has 2 atom stereocenters. The summed E-state index contributed by atoms with van der Waals surface area (Å²) in [6, 6.07) is 0. The number of rotatable bonds is 3. The van der Waals surface area contributed by atoms with Gasteiger partial charge in [-0.15, -0.1) is 0 Å². The van der Waals surface area contributed by atoms with Crippen molar-refractivity contribution < 1.29 is 9.47 Å². The van der Waals surface area contributed by atoms with Gasteiger partial charge in [0.15, 0.2) is 0 Å². The lowest BCUT2D eigenvalue weighted by molar-refractivity contribution is -0.103. The molecule has 0 aromatic rings. The summed E-state index contributed by atoms with van der Waals surface area (Å²) in [6.45, 7) is 7.02. The van der Waals surface area contributed by atoms with Crippen LogP contribution in [0.5, 0.6) is 0 Å². The summed E-state index contributed by atoms with van der Waals surface area (Å²) in [6.07, 6.45) is 0.269. The fourth-order valence-corrected chi connectivity index (χ4v) is 1.35. The van der Waals surface area contributed by atoms with Gasteiger partial charge in [-0.2, -0.15) is 0 Å². The fourth-order valence-electron chi connectivity index (χ4n) is 1.35. The normalized spacial score (nSPS) is 28.8. The molecule has 2 unspecified atom stereocenters. The summed E-state index contributed by atoms with van der Waals surface area (Å²) in [5.74, 6) is 5.66. The predicted octanol–water partition coefficient (Wildman–Crippen LogP) is -0.0141.